The normalized spacial score (nSPS) is 17.6. The Bertz CT molecular complexity index is 1130. The van der Waals surface area contributed by atoms with E-state index in [1.807, 2.05) is 0 Å². The van der Waals surface area contributed by atoms with Gasteiger partial charge < -0.3 is 15.3 Å². The summed E-state index contributed by atoms with van der Waals surface area (Å²) in [5.74, 6) is -0.00506. The third-order valence-electron chi connectivity index (χ3n) is 5.22. The largest absolute Gasteiger partial charge is 0.507 e. The van der Waals surface area contributed by atoms with E-state index < -0.39 is 17.5 Å². The number of benzene rings is 1. The Labute approximate surface area is 169 Å². The van der Waals surface area contributed by atoms with E-state index in [-0.39, 0.29) is 23.2 Å². The molecule has 3 heterocycles. The molecular formula is C19H19F3N6O2. The lowest BCUT2D eigenvalue weighted by Gasteiger charge is -2.30. The van der Waals surface area contributed by atoms with E-state index >= 15 is 0 Å². The van der Waals surface area contributed by atoms with Gasteiger partial charge in [0.25, 0.3) is 0 Å². The Morgan fingerprint density at radius 2 is 2.00 bits per heavy atom. The Hall–Kier alpha value is -3.37. The van der Waals surface area contributed by atoms with Gasteiger partial charge in [-0.05, 0) is 24.6 Å². The maximum absolute atomic E-state index is 12.9. The minimum atomic E-state index is -4.56. The van der Waals surface area contributed by atoms with Crippen molar-refractivity contribution in [2.75, 3.05) is 18.9 Å². The summed E-state index contributed by atoms with van der Waals surface area (Å²) in [5, 5.41) is 26.7. The third kappa shape index (κ3) is 3.51. The number of rotatable bonds is 3. The van der Waals surface area contributed by atoms with Crippen LogP contribution in [0.25, 0.3) is 22.2 Å². The van der Waals surface area contributed by atoms with Gasteiger partial charge in [-0.2, -0.15) is 18.3 Å². The van der Waals surface area contributed by atoms with Gasteiger partial charge in [0.05, 0.1) is 22.7 Å². The predicted molar refractivity (Wildman–Crippen MR) is 103 cm³/mol. The SMILES string of the molecule is CN1C[C@H](Nc2nnc(-c3ccc(C(F)(F)F)cc3O)c3c2cnn3C)CCC1=O. The second kappa shape index (κ2) is 7.15. The van der Waals surface area contributed by atoms with Crippen molar-refractivity contribution in [3.05, 3.63) is 30.0 Å². The van der Waals surface area contributed by atoms with Crippen LogP contribution in [0.4, 0.5) is 19.0 Å². The van der Waals surface area contributed by atoms with E-state index in [4.69, 9.17) is 0 Å². The predicted octanol–water partition coefficient (Wildman–Crippen LogP) is 2.79. The maximum atomic E-state index is 12.9. The van der Waals surface area contributed by atoms with Gasteiger partial charge in [0.2, 0.25) is 5.91 Å². The summed E-state index contributed by atoms with van der Waals surface area (Å²) < 4.78 is 40.3. The second-order valence-electron chi connectivity index (χ2n) is 7.31. The summed E-state index contributed by atoms with van der Waals surface area (Å²) in [6.45, 7) is 0.518. The van der Waals surface area contributed by atoms with Crippen molar-refractivity contribution in [3.63, 3.8) is 0 Å². The smallest absolute Gasteiger partial charge is 0.416 e. The lowest BCUT2D eigenvalue weighted by molar-refractivity contribution is -0.137. The number of fused-ring (bicyclic) bond motifs is 1. The second-order valence-corrected chi connectivity index (χ2v) is 7.31. The number of anilines is 1. The van der Waals surface area contributed by atoms with Crippen LogP contribution in [-0.2, 0) is 18.0 Å². The molecule has 0 spiro atoms. The zero-order chi connectivity index (χ0) is 21.6. The highest BCUT2D eigenvalue weighted by Crippen LogP contribution is 2.38. The fraction of sp³-hybridized carbons (Fsp3) is 0.368. The van der Waals surface area contributed by atoms with Crippen LogP contribution in [0.3, 0.4) is 0 Å². The molecule has 2 aromatic heterocycles. The van der Waals surface area contributed by atoms with Crippen molar-refractivity contribution >= 4 is 22.6 Å². The van der Waals surface area contributed by atoms with Crippen LogP contribution in [0, 0.1) is 0 Å². The molecule has 1 aliphatic rings. The molecule has 1 atom stereocenters. The van der Waals surface area contributed by atoms with Crippen LogP contribution in [0.5, 0.6) is 5.75 Å². The van der Waals surface area contributed by atoms with Crippen molar-refractivity contribution in [2.24, 2.45) is 7.05 Å². The number of carbonyl (C=O) groups excluding carboxylic acids is 1. The molecule has 3 aromatic rings. The number of amides is 1. The molecule has 0 unspecified atom stereocenters. The molecular weight excluding hydrogens is 401 g/mol. The van der Waals surface area contributed by atoms with Crippen LogP contribution < -0.4 is 5.32 Å². The summed E-state index contributed by atoms with van der Waals surface area (Å²) in [4.78, 5) is 13.3. The van der Waals surface area contributed by atoms with Crippen molar-refractivity contribution < 1.29 is 23.1 Å². The number of phenols is 1. The van der Waals surface area contributed by atoms with Gasteiger partial charge in [0.15, 0.2) is 5.82 Å². The molecule has 4 rings (SSSR count). The van der Waals surface area contributed by atoms with Crippen molar-refractivity contribution in [2.45, 2.75) is 25.1 Å². The quantitative estimate of drug-likeness (QED) is 0.677. The summed E-state index contributed by atoms with van der Waals surface area (Å²) in [6.07, 6.45) is -1.91. The summed E-state index contributed by atoms with van der Waals surface area (Å²) in [7, 11) is 3.41. The number of likely N-dealkylation sites (N-methyl/N-ethyl adjacent to an activating group) is 1. The number of nitrogens with zero attached hydrogens (tertiary/aromatic N) is 5. The Morgan fingerprint density at radius 1 is 1.23 bits per heavy atom. The molecule has 1 aliphatic heterocycles. The number of likely N-dealkylation sites (tertiary alicyclic amines) is 1. The number of phenolic OH excluding ortho intramolecular Hbond substituents is 1. The lowest BCUT2D eigenvalue weighted by atomic mass is 10.0. The van der Waals surface area contributed by atoms with Gasteiger partial charge in [-0.15, -0.1) is 10.2 Å². The molecule has 0 saturated carbocycles. The molecule has 1 aromatic carbocycles. The van der Waals surface area contributed by atoms with E-state index in [2.05, 4.69) is 20.6 Å². The van der Waals surface area contributed by atoms with Gasteiger partial charge in [-0.25, -0.2) is 0 Å². The molecule has 2 N–H and O–H groups in total. The molecule has 158 valence electrons. The monoisotopic (exact) mass is 420 g/mol. The zero-order valence-electron chi connectivity index (χ0n) is 16.2. The fourth-order valence-electron chi connectivity index (χ4n) is 3.61. The number of piperidine rings is 1. The topological polar surface area (TPSA) is 96.2 Å². The first-order valence-corrected chi connectivity index (χ1v) is 9.24. The standard InChI is InChI=1S/C19H19F3N6O2/c1-27-9-11(4-6-15(27)30)24-18-13-8-23-28(2)17(13)16(25-26-18)12-5-3-10(7-14(12)29)19(20,21)22/h3,5,7-8,11,29H,4,6,9H2,1-2H3,(H,24,26)/t11-/m1/s1. The molecule has 1 saturated heterocycles. The Balaban J connectivity index is 1.73. The Morgan fingerprint density at radius 3 is 2.67 bits per heavy atom. The molecule has 0 aliphatic carbocycles. The first-order valence-electron chi connectivity index (χ1n) is 9.24. The first-order chi connectivity index (χ1) is 14.1. The average molecular weight is 420 g/mol. The highest BCUT2D eigenvalue weighted by atomic mass is 19.4. The van der Waals surface area contributed by atoms with E-state index in [0.717, 1.165) is 6.07 Å². The summed E-state index contributed by atoms with van der Waals surface area (Å²) in [5.41, 5.74) is -0.0913. The number of carbonyl (C=O) groups is 1. The molecule has 8 nitrogen and oxygen atoms in total. The van der Waals surface area contributed by atoms with Crippen LogP contribution >= 0.6 is 0 Å². The molecule has 1 fully saturated rings. The molecule has 30 heavy (non-hydrogen) atoms. The van der Waals surface area contributed by atoms with Crippen molar-refractivity contribution in [3.8, 4) is 17.0 Å². The summed E-state index contributed by atoms with van der Waals surface area (Å²) >= 11 is 0. The lowest BCUT2D eigenvalue weighted by Crippen LogP contribution is -2.43. The number of hydrogen-bond acceptors (Lipinski definition) is 6. The van der Waals surface area contributed by atoms with Gasteiger partial charge in [0.1, 0.15) is 11.4 Å². The number of aryl methyl sites for hydroxylation is 1. The van der Waals surface area contributed by atoms with Gasteiger partial charge in [-0.3, -0.25) is 9.48 Å². The van der Waals surface area contributed by atoms with Crippen LogP contribution in [-0.4, -0.2) is 55.5 Å². The van der Waals surface area contributed by atoms with Crippen LogP contribution in [0.1, 0.15) is 18.4 Å². The number of nitrogens with one attached hydrogen (secondary N) is 1. The average Bonchev–Trinajstić information content (AvgIpc) is 3.07. The summed E-state index contributed by atoms with van der Waals surface area (Å²) in [6, 6.07) is 2.71. The first kappa shape index (κ1) is 19.9. The van der Waals surface area contributed by atoms with Crippen molar-refractivity contribution in [1.29, 1.82) is 0 Å². The molecule has 11 heteroatoms. The van der Waals surface area contributed by atoms with E-state index in [0.29, 0.717) is 42.2 Å². The van der Waals surface area contributed by atoms with Crippen LogP contribution in [0.15, 0.2) is 24.4 Å². The highest BCUT2D eigenvalue weighted by Gasteiger charge is 2.32. The van der Waals surface area contributed by atoms with Crippen molar-refractivity contribution in [1.82, 2.24) is 24.9 Å². The molecule has 1 amide bonds. The van der Waals surface area contributed by atoms with E-state index in [9.17, 15) is 23.1 Å². The number of aromatic nitrogens is 4. The highest BCUT2D eigenvalue weighted by molar-refractivity contribution is 5.98. The maximum Gasteiger partial charge on any atom is 0.416 e. The number of aromatic hydroxyl groups is 1. The van der Waals surface area contributed by atoms with Crippen LogP contribution in [0.2, 0.25) is 0 Å². The number of alkyl halides is 3. The van der Waals surface area contributed by atoms with Gasteiger partial charge in [-0.1, -0.05) is 0 Å². The molecule has 0 bridgehead atoms. The fourth-order valence-corrected chi connectivity index (χ4v) is 3.61. The zero-order valence-corrected chi connectivity index (χ0v) is 16.2. The van der Waals surface area contributed by atoms with E-state index in [1.54, 1.807) is 25.2 Å². The number of hydrogen-bond donors (Lipinski definition) is 2. The minimum Gasteiger partial charge on any atom is -0.507 e. The molecule has 0 radical (unpaired) electrons. The minimum absolute atomic E-state index is 0.0178. The van der Waals surface area contributed by atoms with E-state index in [1.165, 1.54) is 10.7 Å². The Kier molecular flexibility index (Phi) is 4.75. The van der Waals surface area contributed by atoms with Gasteiger partial charge >= 0.3 is 6.18 Å². The van der Waals surface area contributed by atoms with Gasteiger partial charge in [0, 0.05) is 38.7 Å². The number of halogens is 3. The third-order valence-corrected chi connectivity index (χ3v) is 5.22.